The molecule has 0 spiro atoms. The first-order valence-corrected chi connectivity index (χ1v) is 10.9. The third kappa shape index (κ3) is 4.63. The molecule has 1 aliphatic carbocycles. The van der Waals surface area contributed by atoms with Crippen molar-refractivity contribution in [3.8, 4) is 11.3 Å². The maximum absolute atomic E-state index is 9.80. The third-order valence-electron chi connectivity index (χ3n) is 6.05. The molecule has 0 bridgehead atoms. The minimum Gasteiger partial charge on any atom is -0.385 e. The van der Waals surface area contributed by atoms with Gasteiger partial charge in [0.05, 0.1) is 25.8 Å². The molecule has 7 heteroatoms. The monoisotopic (exact) mass is 420 g/mol. The van der Waals surface area contributed by atoms with Gasteiger partial charge >= 0.3 is 0 Å². The van der Waals surface area contributed by atoms with E-state index in [1.807, 2.05) is 16.8 Å². The van der Waals surface area contributed by atoms with Crippen LogP contribution in [0.3, 0.4) is 0 Å². The molecule has 2 fully saturated rings. The number of hydrogen-bond acceptors (Lipinski definition) is 6. The molecular formula is C24H28N4O3. The van der Waals surface area contributed by atoms with Gasteiger partial charge in [-0.1, -0.05) is 41.6 Å². The number of aromatic nitrogens is 3. The molecular weight excluding hydrogens is 392 g/mol. The van der Waals surface area contributed by atoms with E-state index in [1.165, 1.54) is 18.4 Å². The fourth-order valence-corrected chi connectivity index (χ4v) is 4.15. The van der Waals surface area contributed by atoms with Crippen molar-refractivity contribution >= 4 is 6.08 Å². The number of nitrogens with zero attached hydrogens (tertiary/aromatic N) is 3. The Morgan fingerprint density at radius 2 is 2.03 bits per heavy atom. The zero-order valence-corrected chi connectivity index (χ0v) is 17.6. The maximum Gasteiger partial charge on any atom is 0.167 e. The summed E-state index contributed by atoms with van der Waals surface area (Å²) < 4.78 is 12.6. The number of rotatable bonds is 8. The first-order chi connectivity index (χ1) is 15.1. The fraction of sp³-hybridized carbons (Fsp3) is 0.417. The zero-order valence-electron chi connectivity index (χ0n) is 17.6. The minimum absolute atomic E-state index is 0.509. The van der Waals surface area contributed by atoms with Gasteiger partial charge in [-0.3, -0.25) is 0 Å². The highest BCUT2D eigenvalue weighted by Gasteiger charge is 2.30. The Balaban J connectivity index is 1.15. The number of hydrogen-bond donors (Lipinski definition) is 2. The molecule has 1 aliphatic heterocycles. The van der Waals surface area contributed by atoms with Gasteiger partial charge in [0.25, 0.3) is 0 Å². The minimum atomic E-state index is -0.624. The topological polar surface area (TPSA) is 85.3 Å². The van der Waals surface area contributed by atoms with Crippen LogP contribution in [-0.2, 0) is 11.3 Å². The summed E-state index contributed by atoms with van der Waals surface area (Å²) in [6.07, 6.45) is 9.83. The highest BCUT2D eigenvalue weighted by Crippen LogP contribution is 2.30. The van der Waals surface area contributed by atoms with Crippen LogP contribution in [0.4, 0.5) is 0 Å². The van der Waals surface area contributed by atoms with Gasteiger partial charge in [0.1, 0.15) is 17.6 Å². The lowest BCUT2D eigenvalue weighted by Crippen LogP contribution is -2.54. The van der Waals surface area contributed by atoms with Crippen molar-refractivity contribution < 1.29 is 14.4 Å². The summed E-state index contributed by atoms with van der Waals surface area (Å²) in [6.45, 7) is 3.94. The highest BCUT2D eigenvalue weighted by atomic mass is 16.5. The molecule has 0 amide bonds. The lowest BCUT2D eigenvalue weighted by molar-refractivity contribution is -0.0166. The van der Waals surface area contributed by atoms with E-state index in [1.54, 1.807) is 13.1 Å². The second-order valence-corrected chi connectivity index (χ2v) is 8.58. The number of benzene rings is 1. The van der Waals surface area contributed by atoms with Crippen molar-refractivity contribution in [2.75, 3.05) is 13.2 Å². The lowest BCUT2D eigenvalue weighted by Gasteiger charge is -2.39. The molecule has 7 nitrogen and oxygen atoms in total. The molecule has 31 heavy (non-hydrogen) atoms. The van der Waals surface area contributed by atoms with Gasteiger partial charge in [0, 0.05) is 30.1 Å². The third-order valence-corrected chi connectivity index (χ3v) is 6.05. The summed E-state index contributed by atoms with van der Waals surface area (Å²) >= 11 is 0. The molecule has 2 aromatic heterocycles. The smallest absolute Gasteiger partial charge is 0.167 e. The van der Waals surface area contributed by atoms with Gasteiger partial charge in [-0.25, -0.2) is 4.98 Å². The van der Waals surface area contributed by atoms with Crippen LogP contribution in [0.5, 0.6) is 0 Å². The van der Waals surface area contributed by atoms with Gasteiger partial charge < -0.3 is 24.3 Å². The van der Waals surface area contributed by atoms with Gasteiger partial charge in [0.15, 0.2) is 5.76 Å². The average molecular weight is 421 g/mol. The van der Waals surface area contributed by atoms with Gasteiger partial charge in [-0.15, -0.1) is 0 Å². The average Bonchev–Trinajstić information content (AvgIpc) is 3.35. The van der Waals surface area contributed by atoms with E-state index < -0.39 is 6.10 Å². The van der Waals surface area contributed by atoms with Gasteiger partial charge in [0.2, 0.25) is 0 Å². The quantitative estimate of drug-likeness (QED) is 0.581. The Hall–Kier alpha value is -2.74. The predicted molar refractivity (Wildman–Crippen MR) is 117 cm³/mol. The second kappa shape index (κ2) is 8.78. The van der Waals surface area contributed by atoms with Crippen molar-refractivity contribution in [3.05, 3.63) is 65.9 Å². The Morgan fingerprint density at radius 3 is 2.74 bits per heavy atom. The molecule has 2 N–H and O–H groups in total. The molecule has 0 radical (unpaired) electrons. The molecule has 1 atom stereocenters. The van der Waals surface area contributed by atoms with Crippen LogP contribution in [0.2, 0.25) is 0 Å². The summed E-state index contributed by atoms with van der Waals surface area (Å²) in [5, 5.41) is 17.6. The van der Waals surface area contributed by atoms with E-state index in [0.717, 1.165) is 30.2 Å². The Kier molecular flexibility index (Phi) is 5.72. The van der Waals surface area contributed by atoms with Crippen LogP contribution in [0.25, 0.3) is 17.4 Å². The van der Waals surface area contributed by atoms with E-state index in [0.29, 0.717) is 30.4 Å². The molecule has 3 aromatic rings. The van der Waals surface area contributed by atoms with Gasteiger partial charge in [-0.05, 0) is 31.2 Å². The Bertz CT molecular complexity index is 1030. The van der Waals surface area contributed by atoms with Crippen molar-refractivity contribution in [3.63, 3.8) is 0 Å². The fourth-order valence-electron chi connectivity index (χ4n) is 4.15. The van der Waals surface area contributed by atoms with Crippen molar-refractivity contribution in [2.45, 2.75) is 44.5 Å². The van der Waals surface area contributed by atoms with E-state index >= 15 is 0 Å². The summed E-state index contributed by atoms with van der Waals surface area (Å²) in [6, 6.07) is 11.5. The van der Waals surface area contributed by atoms with Crippen molar-refractivity contribution in [1.29, 1.82) is 0 Å². The van der Waals surface area contributed by atoms with Crippen molar-refractivity contribution in [2.24, 2.45) is 5.92 Å². The van der Waals surface area contributed by atoms with E-state index in [-0.39, 0.29) is 0 Å². The molecule has 3 heterocycles. The molecule has 0 unspecified atom stereocenters. The standard InChI is InChI=1S/C24H28N4O3/c1-16(29)24-25-8-9-28(24)13-21-12-23(31-27-21)19-6-4-17(5-7-19)2-3-18-10-20(11-18)26-22-14-30-15-22/h2-9,12,16,18,20,22,26,29H,10-11,13-15H2,1H3/b3-2+/t16-,18-,20-/m0/s1. The van der Waals surface area contributed by atoms with E-state index in [9.17, 15) is 5.11 Å². The largest absolute Gasteiger partial charge is 0.385 e. The summed E-state index contributed by atoms with van der Waals surface area (Å²) in [4.78, 5) is 4.19. The first-order valence-electron chi connectivity index (χ1n) is 10.9. The second-order valence-electron chi connectivity index (χ2n) is 8.58. The van der Waals surface area contributed by atoms with Gasteiger partial charge in [-0.2, -0.15) is 0 Å². The van der Waals surface area contributed by atoms with Crippen LogP contribution in [0.1, 0.15) is 43.0 Å². The Labute approximate surface area is 181 Å². The molecule has 1 aromatic carbocycles. The number of aliphatic hydroxyl groups is 1. The molecule has 5 rings (SSSR count). The molecule has 1 saturated heterocycles. The first kappa shape index (κ1) is 20.2. The summed E-state index contributed by atoms with van der Waals surface area (Å²) in [5.41, 5.74) is 2.97. The number of aliphatic hydroxyl groups excluding tert-OH is 1. The maximum atomic E-state index is 9.80. The summed E-state index contributed by atoms with van der Waals surface area (Å²) in [5.74, 6) is 2.01. The normalized spacial score (nSPS) is 22.4. The lowest BCUT2D eigenvalue weighted by atomic mass is 9.79. The predicted octanol–water partition coefficient (Wildman–Crippen LogP) is 3.42. The SMILES string of the molecule is C[C@H](O)c1nccn1Cc1cc(-c2ccc(/C=C/[C@H]3C[C@H](NC4COC4)C3)cc2)on1. The zero-order chi connectivity index (χ0) is 21.2. The van der Waals surface area contributed by atoms with Crippen LogP contribution >= 0.6 is 0 Å². The molecule has 2 aliphatic rings. The number of imidazole rings is 1. The summed E-state index contributed by atoms with van der Waals surface area (Å²) in [7, 11) is 0. The van der Waals surface area contributed by atoms with Crippen LogP contribution in [0, 0.1) is 5.92 Å². The Morgan fingerprint density at radius 1 is 1.23 bits per heavy atom. The number of nitrogens with one attached hydrogen (secondary N) is 1. The number of allylic oxidation sites excluding steroid dienone is 1. The number of ether oxygens (including phenoxy) is 1. The van der Waals surface area contributed by atoms with E-state index in [4.69, 9.17) is 9.26 Å². The van der Waals surface area contributed by atoms with Crippen molar-refractivity contribution in [1.82, 2.24) is 20.0 Å². The van der Waals surface area contributed by atoms with Crippen LogP contribution in [0.15, 0.2) is 53.3 Å². The highest BCUT2D eigenvalue weighted by molar-refractivity contribution is 5.61. The molecule has 1 saturated carbocycles. The van der Waals surface area contributed by atoms with Crippen LogP contribution in [-0.4, -0.2) is 45.1 Å². The van der Waals surface area contributed by atoms with Crippen LogP contribution < -0.4 is 5.32 Å². The molecule has 162 valence electrons. The van der Waals surface area contributed by atoms with E-state index in [2.05, 4.69) is 51.9 Å².